The molecule has 0 bridgehead atoms. The lowest BCUT2D eigenvalue weighted by Gasteiger charge is -2.33. The van der Waals surface area contributed by atoms with Gasteiger partial charge in [0.25, 0.3) is 0 Å². The van der Waals surface area contributed by atoms with Crippen molar-refractivity contribution < 1.29 is 9.59 Å². The third-order valence-electron chi connectivity index (χ3n) is 4.86. The number of urea groups is 1. The molecule has 3 rings (SSSR count). The SMILES string of the molecule is CN(C)C(=O)N1CCC(C(=O)NCCc2ccn(-c3ccccc3)n2)CC1. The second-order valence-corrected chi connectivity index (χ2v) is 7.07. The monoisotopic (exact) mass is 369 g/mol. The first-order valence-electron chi connectivity index (χ1n) is 9.38. The maximum Gasteiger partial charge on any atom is 0.319 e. The van der Waals surface area contributed by atoms with Crippen molar-refractivity contribution in [2.75, 3.05) is 33.7 Å². The Bertz CT molecular complexity index is 764. The molecule has 7 heteroatoms. The predicted octanol–water partition coefficient (Wildman–Crippen LogP) is 1.92. The van der Waals surface area contributed by atoms with Crippen molar-refractivity contribution >= 4 is 11.9 Å². The van der Waals surface area contributed by atoms with Crippen LogP contribution in [0.4, 0.5) is 4.79 Å². The normalized spacial score (nSPS) is 14.8. The molecule has 0 aliphatic carbocycles. The van der Waals surface area contributed by atoms with Gasteiger partial charge in [0.15, 0.2) is 0 Å². The zero-order chi connectivity index (χ0) is 19.2. The summed E-state index contributed by atoms with van der Waals surface area (Å²) in [5, 5.41) is 7.57. The van der Waals surface area contributed by atoms with E-state index in [1.807, 2.05) is 47.3 Å². The first-order chi connectivity index (χ1) is 13.0. The summed E-state index contributed by atoms with van der Waals surface area (Å²) in [6, 6.07) is 11.9. The molecule has 1 aromatic heterocycles. The fraction of sp³-hybridized carbons (Fsp3) is 0.450. The minimum Gasteiger partial charge on any atom is -0.355 e. The van der Waals surface area contributed by atoms with E-state index in [-0.39, 0.29) is 17.9 Å². The number of nitrogens with zero attached hydrogens (tertiary/aromatic N) is 4. The summed E-state index contributed by atoms with van der Waals surface area (Å²) in [5.74, 6) is 0.0625. The number of aromatic nitrogens is 2. The van der Waals surface area contributed by atoms with Crippen LogP contribution in [0, 0.1) is 5.92 Å². The van der Waals surface area contributed by atoms with Crippen molar-refractivity contribution in [2.45, 2.75) is 19.3 Å². The molecule has 1 aliphatic rings. The summed E-state index contributed by atoms with van der Waals surface area (Å²) in [4.78, 5) is 27.7. The van der Waals surface area contributed by atoms with Crippen LogP contribution < -0.4 is 5.32 Å². The van der Waals surface area contributed by atoms with E-state index in [1.54, 1.807) is 23.9 Å². The zero-order valence-corrected chi connectivity index (χ0v) is 16.0. The maximum atomic E-state index is 12.4. The van der Waals surface area contributed by atoms with E-state index in [0.29, 0.717) is 38.9 Å². The average Bonchev–Trinajstić information content (AvgIpc) is 3.17. The number of amides is 3. The van der Waals surface area contributed by atoms with E-state index in [4.69, 9.17) is 0 Å². The molecule has 1 aromatic carbocycles. The molecule has 0 atom stereocenters. The molecule has 3 amide bonds. The second-order valence-electron chi connectivity index (χ2n) is 7.07. The molecule has 0 unspecified atom stereocenters. The molecule has 144 valence electrons. The molecule has 7 nitrogen and oxygen atoms in total. The minimum atomic E-state index is -0.0157. The van der Waals surface area contributed by atoms with Gasteiger partial charge in [0.05, 0.1) is 11.4 Å². The standard InChI is InChI=1S/C20H27N5O2/c1-23(2)20(27)24-13-9-16(10-14-24)19(26)21-12-8-17-11-15-25(22-17)18-6-4-3-5-7-18/h3-7,11,15-16H,8-10,12-14H2,1-2H3,(H,21,26). The summed E-state index contributed by atoms with van der Waals surface area (Å²) < 4.78 is 1.84. The lowest BCUT2D eigenvalue weighted by molar-refractivity contribution is -0.126. The number of rotatable bonds is 5. The van der Waals surface area contributed by atoms with E-state index >= 15 is 0 Å². The number of hydrogen-bond acceptors (Lipinski definition) is 3. The van der Waals surface area contributed by atoms with Gasteiger partial charge in [-0.25, -0.2) is 9.48 Å². The molecular weight excluding hydrogens is 342 g/mol. The number of piperidine rings is 1. The van der Waals surface area contributed by atoms with Gasteiger partial charge in [0.2, 0.25) is 5.91 Å². The van der Waals surface area contributed by atoms with E-state index in [2.05, 4.69) is 10.4 Å². The molecule has 27 heavy (non-hydrogen) atoms. The summed E-state index contributed by atoms with van der Waals surface area (Å²) >= 11 is 0. The lowest BCUT2D eigenvalue weighted by atomic mass is 9.96. The summed E-state index contributed by atoms with van der Waals surface area (Å²) in [6.45, 7) is 1.84. The van der Waals surface area contributed by atoms with Gasteiger partial charge in [-0.1, -0.05) is 18.2 Å². The average molecular weight is 369 g/mol. The highest BCUT2D eigenvalue weighted by atomic mass is 16.2. The smallest absolute Gasteiger partial charge is 0.319 e. The molecule has 1 aliphatic heterocycles. The number of hydrogen-bond donors (Lipinski definition) is 1. The summed E-state index contributed by atoms with van der Waals surface area (Å²) in [7, 11) is 3.50. The fourth-order valence-corrected chi connectivity index (χ4v) is 3.29. The highest BCUT2D eigenvalue weighted by Gasteiger charge is 2.27. The maximum absolute atomic E-state index is 12.4. The van der Waals surface area contributed by atoms with Gasteiger partial charge in [-0.05, 0) is 31.0 Å². The van der Waals surface area contributed by atoms with Gasteiger partial charge in [0, 0.05) is 52.3 Å². The highest BCUT2D eigenvalue weighted by Crippen LogP contribution is 2.18. The molecule has 1 N–H and O–H groups in total. The Morgan fingerprint density at radius 3 is 2.52 bits per heavy atom. The number of benzene rings is 1. The number of carbonyl (C=O) groups excluding carboxylic acids is 2. The first kappa shape index (κ1) is 18.9. The first-order valence-corrected chi connectivity index (χ1v) is 9.38. The van der Waals surface area contributed by atoms with E-state index in [1.165, 1.54) is 0 Å². The molecule has 1 saturated heterocycles. The Balaban J connectivity index is 1.42. The molecule has 0 saturated carbocycles. The van der Waals surface area contributed by atoms with Crippen LogP contribution in [-0.2, 0) is 11.2 Å². The lowest BCUT2D eigenvalue weighted by Crippen LogP contribution is -2.46. The minimum absolute atomic E-state index is 0.0157. The van der Waals surface area contributed by atoms with E-state index in [9.17, 15) is 9.59 Å². The van der Waals surface area contributed by atoms with E-state index in [0.717, 1.165) is 11.4 Å². The third kappa shape index (κ3) is 4.87. The zero-order valence-electron chi connectivity index (χ0n) is 16.0. The van der Waals surface area contributed by atoms with Crippen molar-refractivity contribution in [1.29, 1.82) is 0 Å². The third-order valence-corrected chi connectivity index (χ3v) is 4.86. The van der Waals surface area contributed by atoms with Gasteiger partial charge in [-0.3, -0.25) is 4.79 Å². The predicted molar refractivity (Wildman–Crippen MR) is 104 cm³/mol. The fourth-order valence-electron chi connectivity index (χ4n) is 3.29. The Hall–Kier alpha value is -2.83. The number of nitrogens with one attached hydrogen (secondary N) is 1. The second kappa shape index (κ2) is 8.70. The Morgan fingerprint density at radius 2 is 1.85 bits per heavy atom. The van der Waals surface area contributed by atoms with Gasteiger partial charge >= 0.3 is 6.03 Å². The number of carbonyl (C=O) groups is 2. The topological polar surface area (TPSA) is 70.5 Å². The van der Waals surface area contributed by atoms with Crippen LogP contribution in [0.15, 0.2) is 42.6 Å². The Kier molecular flexibility index (Phi) is 6.11. The van der Waals surface area contributed by atoms with Crippen LogP contribution >= 0.6 is 0 Å². The van der Waals surface area contributed by atoms with E-state index < -0.39 is 0 Å². The van der Waals surface area contributed by atoms with Gasteiger partial charge in [0.1, 0.15) is 0 Å². The van der Waals surface area contributed by atoms with Crippen LogP contribution in [0.3, 0.4) is 0 Å². The van der Waals surface area contributed by atoms with Crippen LogP contribution in [-0.4, -0.2) is 65.2 Å². The van der Waals surface area contributed by atoms with Gasteiger partial charge < -0.3 is 15.1 Å². The van der Waals surface area contributed by atoms with Crippen LogP contribution in [0.2, 0.25) is 0 Å². The van der Waals surface area contributed by atoms with Crippen molar-refractivity contribution in [3.63, 3.8) is 0 Å². The quantitative estimate of drug-likeness (QED) is 0.875. The van der Waals surface area contributed by atoms with Crippen molar-refractivity contribution in [2.24, 2.45) is 5.92 Å². The molecule has 2 aromatic rings. The molecule has 2 heterocycles. The van der Waals surface area contributed by atoms with Crippen molar-refractivity contribution in [1.82, 2.24) is 24.9 Å². The summed E-state index contributed by atoms with van der Waals surface area (Å²) in [6.07, 6.45) is 4.07. The molecular formula is C20H27N5O2. The van der Waals surface area contributed by atoms with Crippen molar-refractivity contribution in [3.8, 4) is 5.69 Å². The molecule has 0 radical (unpaired) electrons. The largest absolute Gasteiger partial charge is 0.355 e. The van der Waals surface area contributed by atoms with Crippen LogP contribution in [0.25, 0.3) is 5.69 Å². The molecule has 1 fully saturated rings. The van der Waals surface area contributed by atoms with Crippen LogP contribution in [0.1, 0.15) is 18.5 Å². The molecule has 0 spiro atoms. The highest BCUT2D eigenvalue weighted by molar-refractivity contribution is 5.79. The van der Waals surface area contributed by atoms with Gasteiger partial charge in [-0.15, -0.1) is 0 Å². The van der Waals surface area contributed by atoms with Gasteiger partial charge in [-0.2, -0.15) is 5.10 Å². The Labute approximate surface area is 159 Å². The van der Waals surface area contributed by atoms with Crippen molar-refractivity contribution in [3.05, 3.63) is 48.3 Å². The Morgan fingerprint density at radius 1 is 1.15 bits per heavy atom. The number of likely N-dealkylation sites (tertiary alicyclic amines) is 1. The summed E-state index contributed by atoms with van der Waals surface area (Å²) in [5.41, 5.74) is 1.97. The van der Waals surface area contributed by atoms with Crippen LogP contribution in [0.5, 0.6) is 0 Å². The number of para-hydroxylation sites is 1.